The normalized spacial score (nSPS) is 29.7. The molecular formula is C21H42O4Si. The highest BCUT2D eigenvalue weighted by Gasteiger charge is 2.57. The highest BCUT2D eigenvalue weighted by molar-refractivity contribution is 6.74. The summed E-state index contributed by atoms with van der Waals surface area (Å²) in [5.41, 5.74) is 0.408. The fraction of sp³-hybridized carbons (Fsp3) is 0.905. The number of ether oxygens (including phenoxy) is 2. The van der Waals surface area contributed by atoms with Gasteiger partial charge in [-0.1, -0.05) is 46.3 Å². The minimum atomic E-state index is -1.94. The minimum Gasteiger partial charge on any atom is -0.411 e. The first-order valence-corrected chi connectivity index (χ1v) is 12.8. The van der Waals surface area contributed by atoms with E-state index in [9.17, 15) is 5.11 Å². The second-order valence-corrected chi connectivity index (χ2v) is 14.8. The van der Waals surface area contributed by atoms with Gasteiger partial charge in [0.15, 0.2) is 14.1 Å². The van der Waals surface area contributed by atoms with Crippen LogP contribution in [0.3, 0.4) is 0 Å². The molecule has 1 fully saturated rings. The summed E-state index contributed by atoms with van der Waals surface area (Å²) in [6.45, 7) is 23.7. The van der Waals surface area contributed by atoms with E-state index < -0.39 is 19.7 Å². The molecular weight excluding hydrogens is 344 g/mol. The van der Waals surface area contributed by atoms with E-state index in [4.69, 9.17) is 13.9 Å². The van der Waals surface area contributed by atoms with Gasteiger partial charge in [0.2, 0.25) is 0 Å². The number of aliphatic hydroxyl groups excluding tert-OH is 1. The van der Waals surface area contributed by atoms with Crippen molar-refractivity contribution in [3.63, 3.8) is 0 Å². The SMILES string of the molecule is CC[C@@H](O[Si](C)(C)C(C)(C)C)[C@@]1(C)OC(C)(C)O[C@@H]1[C@@H](C)/C=C(\C)CO. The topological polar surface area (TPSA) is 47.9 Å². The first kappa shape index (κ1) is 23.8. The summed E-state index contributed by atoms with van der Waals surface area (Å²) in [5.74, 6) is -0.537. The summed E-state index contributed by atoms with van der Waals surface area (Å²) in [7, 11) is -1.94. The average molecular weight is 387 g/mol. The molecule has 0 aliphatic carbocycles. The Kier molecular flexibility index (Phi) is 7.37. The summed E-state index contributed by atoms with van der Waals surface area (Å²) < 4.78 is 19.6. The van der Waals surface area contributed by atoms with Gasteiger partial charge in [0.25, 0.3) is 0 Å². The van der Waals surface area contributed by atoms with Crippen molar-refractivity contribution in [2.24, 2.45) is 5.92 Å². The lowest BCUT2D eigenvalue weighted by atomic mass is 9.83. The van der Waals surface area contributed by atoms with Gasteiger partial charge in [-0.05, 0) is 52.2 Å². The van der Waals surface area contributed by atoms with Gasteiger partial charge >= 0.3 is 0 Å². The third-order valence-electron chi connectivity index (χ3n) is 5.97. The van der Waals surface area contributed by atoms with Gasteiger partial charge in [-0.3, -0.25) is 0 Å². The predicted molar refractivity (Wildman–Crippen MR) is 111 cm³/mol. The molecule has 0 amide bonds. The quantitative estimate of drug-likeness (QED) is 0.478. The van der Waals surface area contributed by atoms with Crippen LogP contribution in [0.15, 0.2) is 11.6 Å². The molecule has 0 aromatic heterocycles. The summed E-state index contributed by atoms with van der Waals surface area (Å²) in [6.07, 6.45) is 2.79. The molecule has 0 spiro atoms. The number of hydrogen-bond donors (Lipinski definition) is 1. The molecule has 154 valence electrons. The van der Waals surface area contributed by atoms with Gasteiger partial charge in [-0.25, -0.2) is 0 Å². The van der Waals surface area contributed by atoms with Crippen molar-refractivity contribution in [3.8, 4) is 0 Å². The smallest absolute Gasteiger partial charge is 0.192 e. The van der Waals surface area contributed by atoms with Gasteiger partial charge in [0.1, 0.15) is 5.60 Å². The van der Waals surface area contributed by atoms with Crippen molar-refractivity contribution in [1.82, 2.24) is 0 Å². The van der Waals surface area contributed by atoms with Gasteiger partial charge in [0, 0.05) is 5.92 Å². The van der Waals surface area contributed by atoms with Crippen LogP contribution in [0.25, 0.3) is 0 Å². The maximum atomic E-state index is 9.40. The fourth-order valence-corrected chi connectivity index (χ4v) is 5.11. The highest BCUT2D eigenvalue weighted by Crippen LogP contribution is 2.46. The summed E-state index contributed by atoms with van der Waals surface area (Å²) >= 11 is 0. The van der Waals surface area contributed by atoms with Crippen LogP contribution in [-0.4, -0.2) is 43.6 Å². The highest BCUT2D eigenvalue weighted by atomic mass is 28.4. The van der Waals surface area contributed by atoms with Crippen molar-refractivity contribution < 1.29 is 19.0 Å². The van der Waals surface area contributed by atoms with Crippen LogP contribution < -0.4 is 0 Å². The molecule has 1 aliphatic heterocycles. The maximum Gasteiger partial charge on any atom is 0.192 e. The molecule has 0 aromatic rings. The Morgan fingerprint density at radius 1 is 1.27 bits per heavy atom. The van der Waals surface area contributed by atoms with Crippen LogP contribution in [0.1, 0.15) is 68.7 Å². The molecule has 1 saturated heterocycles. The molecule has 1 rings (SSSR count). The molecule has 0 bridgehead atoms. The Morgan fingerprint density at radius 2 is 1.81 bits per heavy atom. The van der Waals surface area contributed by atoms with E-state index in [0.717, 1.165) is 12.0 Å². The van der Waals surface area contributed by atoms with Crippen LogP contribution in [-0.2, 0) is 13.9 Å². The first-order chi connectivity index (χ1) is 11.6. The van der Waals surface area contributed by atoms with Crippen molar-refractivity contribution in [2.45, 2.75) is 110 Å². The summed E-state index contributed by atoms with van der Waals surface area (Å²) in [6, 6.07) is 0. The van der Waals surface area contributed by atoms with Crippen LogP contribution in [0.5, 0.6) is 0 Å². The molecule has 4 nitrogen and oxygen atoms in total. The van der Waals surface area contributed by atoms with Gasteiger partial charge in [-0.15, -0.1) is 0 Å². The van der Waals surface area contributed by atoms with Crippen molar-refractivity contribution in [2.75, 3.05) is 6.61 Å². The molecule has 5 heteroatoms. The summed E-state index contributed by atoms with van der Waals surface area (Å²) in [4.78, 5) is 0. The zero-order valence-corrected chi connectivity index (χ0v) is 19.9. The van der Waals surface area contributed by atoms with Crippen LogP contribution in [0, 0.1) is 5.92 Å². The lowest BCUT2D eigenvalue weighted by molar-refractivity contribution is -0.177. The molecule has 0 aromatic carbocycles. The van der Waals surface area contributed by atoms with Crippen molar-refractivity contribution in [3.05, 3.63) is 11.6 Å². The van der Waals surface area contributed by atoms with E-state index in [0.29, 0.717) is 0 Å². The van der Waals surface area contributed by atoms with E-state index in [1.165, 1.54) is 0 Å². The molecule has 4 atom stereocenters. The molecule has 0 unspecified atom stereocenters. The predicted octanol–water partition coefficient (Wildman–Crippen LogP) is 5.27. The number of rotatable bonds is 7. The van der Waals surface area contributed by atoms with Crippen LogP contribution >= 0.6 is 0 Å². The van der Waals surface area contributed by atoms with E-state index in [1.807, 2.05) is 20.8 Å². The molecule has 1 N–H and O–H groups in total. The molecule has 1 aliphatic rings. The minimum absolute atomic E-state index is 0.0413. The fourth-order valence-electron chi connectivity index (χ4n) is 3.64. The van der Waals surface area contributed by atoms with Gasteiger partial charge in [0.05, 0.1) is 18.8 Å². The van der Waals surface area contributed by atoms with E-state index in [1.54, 1.807) is 0 Å². The summed E-state index contributed by atoms with van der Waals surface area (Å²) in [5, 5.41) is 9.54. The van der Waals surface area contributed by atoms with Gasteiger partial charge in [-0.2, -0.15) is 0 Å². The molecule has 26 heavy (non-hydrogen) atoms. The Labute approximate surface area is 162 Å². The van der Waals surface area contributed by atoms with E-state index in [2.05, 4.69) is 60.7 Å². The first-order valence-electron chi connectivity index (χ1n) is 9.93. The lowest BCUT2D eigenvalue weighted by Crippen LogP contribution is -2.56. The average Bonchev–Trinajstić information content (AvgIpc) is 2.73. The van der Waals surface area contributed by atoms with Crippen molar-refractivity contribution >= 4 is 8.32 Å². The number of aliphatic hydroxyl groups is 1. The Balaban J connectivity index is 3.24. The third-order valence-corrected chi connectivity index (χ3v) is 10.5. The zero-order chi connectivity index (χ0) is 20.6. The third kappa shape index (κ3) is 5.19. The Hall–Kier alpha value is -0.203. The Bertz CT molecular complexity index is 507. The maximum absolute atomic E-state index is 9.40. The monoisotopic (exact) mass is 386 g/mol. The lowest BCUT2D eigenvalue weighted by Gasteiger charge is -2.45. The van der Waals surface area contributed by atoms with E-state index >= 15 is 0 Å². The zero-order valence-electron chi connectivity index (χ0n) is 18.9. The Morgan fingerprint density at radius 3 is 2.23 bits per heavy atom. The number of hydrogen-bond acceptors (Lipinski definition) is 4. The molecule has 0 radical (unpaired) electrons. The largest absolute Gasteiger partial charge is 0.411 e. The standard InChI is InChI=1S/C21H42O4Si/c1-12-17(24-26(10,11)19(4,5)6)21(9)18(23-20(7,8)25-21)16(3)13-15(2)14-22/h13,16-18,22H,12,14H2,1-11H3/b15-13+/t16-,17+,18+,21+/m0/s1. The second-order valence-electron chi connectivity index (χ2n) is 10.0. The van der Waals surface area contributed by atoms with E-state index in [-0.39, 0.29) is 29.8 Å². The molecule has 1 heterocycles. The van der Waals surface area contributed by atoms with Crippen LogP contribution in [0.2, 0.25) is 18.1 Å². The van der Waals surface area contributed by atoms with Crippen LogP contribution in [0.4, 0.5) is 0 Å². The van der Waals surface area contributed by atoms with Gasteiger partial charge < -0.3 is 19.0 Å². The second kappa shape index (κ2) is 8.04. The molecule has 0 saturated carbocycles. The van der Waals surface area contributed by atoms with Crippen molar-refractivity contribution in [1.29, 1.82) is 0 Å².